The first kappa shape index (κ1) is 10.2. The molecule has 1 aliphatic heterocycles. The van der Waals surface area contributed by atoms with Crippen molar-refractivity contribution in [2.24, 2.45) is 0 Å². The van der Waals surface area contributed by atoms with Gasteiger partial charge >= 0.3 is 0 Å². The number of hydrogen-bond donors (Lipinski definition) is 0. The van der Waals surface area contributed by atoms with Gasteiger partial charge in [0.25, 0.3) is 5.91 Å². The highest BCUT2D eigenvalue weighted by molar-refractivity contribution is 5.94. The molecule has 4 heteroatoms. The Labute approximate surface area is 89.1 Å². The Morgan fingerprint density at radius 1 is 1.67 bits per heavy atom. The first-order valence-electron chi connectivity index (χ1n) is 5.30. The molecule has 0 aromatic carbocycles. The molecule has 1 atom stereocenters. The third-order valence-corrected chi connectivity index (χ3v) is 2.85. The van der Waals surface area contributed by atoms with Crippen LogP contribution < -0.4 is 0 Å². The van der Waals surface area contributed by atoms with Gasteiger partial charge in [-0.05, 0) is 19.3 Å². The van der Waals surface area contributed by atoms with Gasteiger partial charge in [0.05, 0.1) is 19.3 Å². The zero-order valence-corrected chi connectivity index (χ0v) is 8.61. The van der Waals surface area contributed by atoms with E-state index in [2.05, 4.69) is 6.07 Å². The predicted molar refractivity (Wildman–Crippen MR) is 53.9 cm³/mol. The molecular weight excluding hydrogens is 192 g/mol. The molecule has 1 saturated heterocycles. The summed E-state index contributed by atoms with van der Waals surface area (Å²) in [6.07, 6.45) is 4.89. The Bertz CT molecular complexity index is 330. The van der Waals surface area contributed by atoms with E-state index in [0.29, 0.717) is 19.8 Å². The largest absolute Gasteiger partial charge is 0.376 e. The first-order valence-corrected chi connectivity index (χ1v) is 5.30. The number of amides is 1. The maximum Gasteiger partial charge on any atom is 0.250 e. The molecule has 4 nitrogen and oxygen atoms in total. The third-order valence-electron chi connectivity index (χ3n) is 2.85. The fourth-order valence-electron chi connectivity index (χ4n) is 2.00. The van der Waals surface area contributed by atoms with E-state index in [1.807, 2.05) is 6.08 Å². The number of allylic oxidation sites excluding steroid dienone is 1. The van der Waals surface area contributed by atoms with Crippen LogP contribution in [0.25, 0.3) is 0 Å². The minimum absolute atomic E-state index is 0.0300. The Morgan fingerprint density at radius 2 is 2.53 bits per heavy atom. The van der Waals surface area contributed by atoms with Gasteiger partial charge in [-0.2, -0.15) is 5.26 Å². The van der Waals surface area contributed by atoms with Crippen molar-refractivity contribution in [3.63, 3.8) is 0 Å². The highest BCUT2D eigenvalue weighted by atomic mass is 16.5. The van der Waals surface area contributed by atoms with Crippen molar-refractivity contribution in [3.8, 4) is 6.07 Å². The quantitative estimate of drug-likeness (QED) is 0.639. The minimum atomic E-state index is -0.409. The average molecular weight is 206 g/mol. The maximum absolute atomic E-state index is 12.0. The third kappa shape index (κ3) is 2.02. The van der Waals surface area contributed by atoms with Crippen LogP contribution in [0.4, 0.5) is 0 Å². The van der Waals surface area contributed by atoms with E-state index in [0.717, 1.165) is 24.8 Å². The number of carbonyl (C=O) groups is 1. The van der Waals surface area contributed by atoms with Gasteiger partial charge in [0, 0.05) is 12.1 Å². The van der Waals surface area contributed by atoms with Crippen LogP contribution in [0, 0.1) is 11.3 Å². The molecule has 0 N–H and O–H groups in total. The zero-order valence-electron chi connectivity index (χ0n) is 8.61. The lowest BCUT2D eigenvalue weighted by atomic mass is 10.1. The van der Waals surface area contributed by atoms with E-state index >= 15 is 0 Å². The van der Waals surface area contributed by atoms with Crippen LogP contribution in [-0.2, 0) is 9.53 Å². The predicted octanol–water partition coefficient (Wildman–Crippen LogP) is 0.848. The lowest BCUT2D eigenvalue weighted by molar-refractivity contribution is -0.133. The van der Waals surface area contributed by atoms with E-state index in [1.165, 1.54) is 0 Å². The summed E-state index contributed by atoms with van der Waals surface area (Å²) in [6.45, 7) is 1.42. The van der Waals surface area contributed by atoms with E-state index in [-0.39, 0.29) is 5.91 Å². The normalized spacial score (nSPS) is 25.9. The van der Waals surface area contributed by atoms with Gasteiger partial charge < -0.3 is 9.64 Å². The van der Waals surface area contributed by atoms with Crippen LogP contribution in [0.2, 0.25) is 0 Å². The number of rotatable bonds is 1. The standard InChI is InChI=1S/C11H14N2O2/c12-7-10-8-15-6-5-13(10)11(14)9-3-1-2-4-9/h3,10H,1-2,4-6,8H2. The molecule has 2 rings (SSSR count). The van der Waals surface area contributed by atoms with Crippen LogP contribution in [-0.4, -0.2) is 36.6 Å². The van der Waals surface area contributed by atoms with Gasteiger partial charge in [-0.25, -0.2) is 0 Å². The van der Waals surface area contributed by atoms with E-state index in [9.17, 15) is 4.79 Å². The van der Waals surface area contributed by atoms with E-state index in [1.54, 1.807) is 4.90 Å². The van der Waals surface area contributed by atoms with E-state index < -0.39 is 6.04 Å². The highest BCUT2D eigenvalue weighted by Gasteiger charge is 2.29. The Kier molecular flexibility index (Phi) is 3.02. The summed E-state index contributed by atoms with van der Waals surface area (Å²) in [5.41, 5.74) is 0.872. The molecule has 0 spiro atoms. The molecule has 1 fully saturated rings. The van der Waals surface area contributed by atoms with Crippen molar-refractivity contribution < 1.29 is 9.53 Å². The lowest BCUT2D eigenvalue weighted by Gasteiger charge is -2.31. The molecule has 1 unspecified atom stereocenters. The first-order chi connectivity index (χ1) is 7.33. The van der Waals surface area contributed by atoms with Crippen molar-refractivity contribution in [2.75, 3.05) is 19.8 Å². The summed E-state index contributed by atoms with van der Waals surface area (Å²) in [7, 11) is 0. The van der Waals surface area contributed by atoms with Gasteiger partial charge in [0.2, 0.25) is 0 Å². The molecule has 15 heavy (non-hydrogen) atoms. The van der Waals surface area contributed by atoms with Crippen LogP contribution in [0.5, 0.6) is 0 Å². The summed E-state index contributed by atoms with van der Waals surface area (Å²) >= 11 is 0. The van der Waals surface area contributed by atoms with Crippen LogP contribution in [0.1, 0.15) is 19.3 Å². The monoisotopic (exact) mass is 206 g/mol. The average Bonchev–Trinajstić information content (AvgIpc) is 2.81. The Hall–Kier alpha value is -1.34. The molecule has 0 saturated carbocycles. The van der Waals surface area contributed by atoms with Crippen molar-refractivity contribution in [2.45, 2.75) is 25.3 Å². The summed E-state index contributed by atoms with van der Waals surface area (Å²) in [4.78, 5) is 13.7. The maximum atomic E-state index is 12.0. The second-order valence-corrected chi connectivity index (χ2v) is 3.84. The SMILES string of the molecule is N#CC1COCCN1C(=O)C1=CCCC1. The Morgan fingerprint density at radius 3 is 3.20 bits per heavy atom. The second-order valence-electron chi connectivity index (χ2n) is 3.84. The molecule has 0 radical (unpaired) electrons. The molecule has 0 bridgehead atoms. The van der Waals surface area contributed by atoms with E-state index in [4.69, 9.17) is 10.00 Å². The van der Waals surface area contributed by atoms with Gasteiger partial charge in [0.1, 0.15) is 6.04 Å². The molecular formula is C11H14N2O2. The summed E-state index contributed by atoms with van der Waals surface area (Å²) in [5, 5.41) is 8.91. The molecule has 1 heterocycles. The fraction of sp³-hybridized carbons (Fsp3) is 0.636. The fourth-order valence-corrected chi connectivity index (χ4v) is 2.00. The number of hydrogen-bond acceptors (Lipinski definition) is 3. The van der Waals surface area contributed by atoms with Gasteiger partial charge in [0.15, 0.2) is 0 Å². The molecule has 0 aromatic rings. The lowest BCUT2D eigenvalue weighted by Crippen LogP contribution is -2.48. The number of nitriles is 1. The van der Waals surface area contributed by atoms with Crippen molar-refractivity contribution in [1.29, 1.82) is 5.26 Å². The van der Waals surface area contributed by atoms with Crippen LogP contribution in [0.3, 0.4) is 0 Å². The summed E-state index contributed by atoms with van der Waals surface area (Å²) in [6, 6.07) is 1.70. The molecule has 2 aliphatic rings. The second kappa shape index (κ2) is 4.45. The van der Waals surface area contributed by atoms with Crippen LogP contribution in [0.15, 0.2) is 11.6 Å². The van der Waals surface area contributed by atoms with Gasteiger partial charge in [-0.3, -0.25) is 4.79 Å². The number of ether oxygens (including phenoxy) is 1. The highest BCUT2D eigenvalue weighted by Crippen LogP contribution is 2.21. The molecule has 80 valence electrons. The number of carbonyl (C=O) groups excluding carboxylic acids is 1. The molecule has 0 aromatic heterocycles. The molecule has 1 aliphatic carbocycles. The van der Waals surface area contributed by atoms with Crippen molar-refractivity contribution in [1.82, 2.24) is 4.90 Å². The number of nitrogens with zero attached hydrogens (tertiary/aromatic N) is 2. The smallest absolute Gasteiger partial charge is 0.250 e. The Balaban J connectivity index is 2.07. The molecule has 1 amide bonds. The van der Waals surface area contributed by atoms with Crippen molar-refractivity contribution >= 4 is 5.91 Å². The zero-order chi connectivity index (χ0) is 10.7. The number of morpholine rings is 1. The van der Waals surface area contributed by atoms with Gasteiger partial charge in [-0.1, -0.05) is 6.08 Å². The topological polar surface area (TPSA) is 53.3 Å². The summed E-state index contributed by atoms with van der Waals surface area (Å²) < 4.78 is 5.18. The van der Waals surface area contributed by atoms with Crippen LogP contribution >= 0.6 is 0 Å². The minimum Gasteiger partial charge on any atom is -0.376 e. The summed E-state index contributed by atoms with van der Waals surface area (Å²) in [5.74, 6) is 0.0300. The van der Waals surface area contributed by atoms with Gasteiger partial charge in [-0.15, -0.1) is 0 Å². The van der Waals surface area contributed by atoms with Crippen molar-refractivity contribution in [3.05, 3.63) is 11.6 Å².